The summed E-state index contributed by atoms with van der Waals surface area (Å²) in [6.45, 7) is 2.97. The van der Waals surface area contributed by atoms with E-state index in [0.29, 0.717) is 0 Å². The molecule has 0 aromatic carbocycles. The predicted molar refractivity (Wildman–Crippen MR) is 111 cm³/mol. The third-order valence-corrected chi connectivity index (χ3v) is 7.78. The van der Waals surface area contributed by atoms with Crippen LogP contribution in [0.15, 0.2) is 0 Å². The molecular weight excluding hydrogens is 602 g/mol. The van der Waals surface area contributed by atoms with E-state index in [1.165, 1.54) is 13.8 Å². The molecule has 0 aromatic heterocycles. The lowest BCUT2D eigenvalue weighted by molar-refractivity contribution is -0.0572. The molecular formula is C14H26F6O12S4. The summed E-state index contributed by atoms with van der Waals surface area (Å²) in [6, 6.07) is 0. The maximum Gasteiger partial charge on any atom is 0.523 e. The van der Waals surface area contributed by atoms with Gasteiger partial charge in [0.15, 0.2) is 0 Å². The molecule has 0 aliphatic heterocycles. The summed E-state index contributed by atoms with van der Waals surface area (Å²) in [4.78, 5) is 0. The highest BCUT2D eigenvalue weighted by atomic mass is 32.2. The first kappa shape index (κ1) is 37.4. The van der Waals surface area contributed by atoms with Crippen LogP contribution in [0.3, 0.4) is 0 Å². The fraction of sp³-hybridized carbons (Fsp3) is 1.00. The topological polar surface area (TPSA) is 173 Å². The lowest BCUT2D eigenvalue weighted by atomic mass is 10.2. The Labute approximate surface area is 205 Å². The van der Waals surface area contributed by atoms with Crippen LogP contribution in [0, 0.1) is 11.8 Å². The van der Waals surface area contributed by atoms with Gasteiger partial charge >= 0.3 is 31.3 Å². The van der Waals surface area contributed by atoms with Crippen molar-refractivity contribution in [2.45, 2.75) is 38.7 Å². The largest absolute Gasteiger partial charge is 0.523 e. The Balaban J connectivity index is 0. The van der Waals surface area contributed by atoms with Crippen LogP contribution in [0.2, 0.25) is 0 Å². The minimum absolute atomic E-state index is 0.0740. The van der Waals surface area contributed by atoms with E-state index in [1.54, 1.807) is 6.92 Å². The molecule has 0 aromatic rings. The van der Waals surface area contributed by atoms with Crippen molar-refractivity contribution in [1.82, 2.24) is 0 Å². The van der Waals surface area contributed by atoms with Gasteiger partial charge in [0.2, 0.25) is 0 Å². The van der Waals surface area contributed by atoms with Crippen LogP contribution in [0.4, 0.5) is 26.3 Å². The Morgan fingerprint density at radius 1 is 0.528 bits per heavy atom. The minimum atomic E-state index is -5.90. The highest BCUT2D eigenvalue weighted by molar-refractivity contribution is 7.88. The number of hydrogen-bond acceptors (Lipinski definition) is 12. The summed E-state index contributed by atoms with van der Waals surface area (Å²) >= 11 is 0. The molecule has 0 aliphatic rings. The molecule has 22 heteroatoms. The first-order chi connectivity index (χ1) is 15.8. The van der Waals surface area contributed by atoms with Crippen molar-refractivity contribution in [2.24, 2.45) is 11.8 Å². The highest BCUT2D eigenvalue weighted by Crippen LogP contribution is 2.26. The third-order valence-electron chi connectivity index (χ3n) is 3.35. The molecule has 0 atom stereocenters. The zero-order valence-corrected chi connectivity index (χ0v) is 22.5. The van der Waals surface area contributed by atoms with Crippen molar-refractivity contribution >= 4 is 40.5 Å². The Kier molecular flexibility index (Phi) is 14.9. The summed E-state index contributed by atoms with van der Waals surface area (Å²) < 4.78 is 173. The quantitative estimate of drug-likeness (QED) is 0.155. The van der Waals surface area contributed by atoms with Gasteiger partial charge in [0, 0.05) is 11.8 Å². The molecule has 0 unspecified atom stereocenters. The van der Waals surface area contributed by atoms with Crippen LogP contribution in [0.1, 0.15) is 27.7 Å². The molecule has 0 radical (unpaired) electrons. The van der Waals surface area contributed by atoms with E-state index in [9.17, 15) is 60.0 Å². The average Bonchev–Trinajstić information content (AvgIpc) is 2.72. The summed E-state index contributed by atoms with van der Waals surface area (Å²) in [5.41, 5.74) is -11.4. The lowest BCUT2D eigenvalue weighted by Gasteiger charge is -2.14. The number of halogens is 6. The summed E-state index contributed by atoms with van der Waals surface area (Å²) in [7, 11) is -18.8. The minimum Gasteiger partial charge on any atom is -0.270 e. The van der Waals surface area contributed by atoms with Crippen LogP contribution in [-0.4, -0.2) is 82.6 Å². The lowest BCUT2D eigenvalue weighted by Crippen LogP contribution is -2.30. The van der Waals surface area contributed by atoms with Gasteiger partial charge in [0.25, 0.3) is 20.2 Å². The second-order valence-corrected chi connectivity index (χ2v) is 13.9. The summed E-state index contributed by atoms with van der Waals surface area (Å²) in [6.07, 6.45) is 0. The van der Waals surface area contributed by atoms with E-state index >= 15 is 0 Å². The van der Waals surface area contributed by atoms with Crippen molar-refractivity contribution in [3.05, 3.63) is 0 Å². The maximum absolute atomic E-state index is 11.8. The fourth-order valence-electron chi connectivity index (χ4n) is 1.25. The molecule has 220 valence electrons. The summed E-state index contributed by atoms with van der Waals surface area (Å²) in [5.74, 6) is -1.87. The Morgan fingerprint density at radius 3 is 0.944 bits per heavy atom. The molecule has 0 bridgehead atoms. The van der Waals surface area contributed by atoms with Crippen molar-refractivity contribution in [3.63, 3.8) is 0 Å². The second-order valence-electron chi connectivity index (χ2n) is 6.84. The van der Waals surface area contributed by atoms with Gasteiger partial charge < -0.3 is 0 Å². The third kappa shape index (κ3) is 15.5. The molecule has 0 amide bonds. The van der Waals surface area contributed by atoms with E-state index in [-0.39, 0.29) is 30.6 Å². The van der Waals surface area contributed by atoms with Crippen LogP contribution < -0.4 is 0 Å². The molecule has 0 saturated heterocycles. The van der Waals surface area contributed by atoms with Gasteiger partial charge in [-0.3, -0.25) is 16.7 Å². The molecule has 12 nitrogen and oxygen atoms in total. The van der Waals surface area contributed by atoms with Gasteiger partial charge in [-0.25, -0.2) is 0 Å². The predicted octanol–water partition coefficient (Wildman–Crippen LogP) is 1.71. The van der Waals surface area contributed by atoms with E-state index in [4.69, 9.17) is 0 Å². The van der Waals surface area contributed by atoms with E-state index in [0.717, 1.165) is 6.92 Å². The average molecular weight is 629 g/mol. The maximum atomic E-state index is 11.8. The molecule has 36 heavy (non-hydrogen) atoms. The van der Waals surface area contributed by atoms with Crippen LogP contribution in [0.5, 0.6) is 0 Å². The van der Waals surface area contributed by atoms with Crippen LogP contribution >= 0.6 is 0 Å². The van der Waals surface area contributed by atoms with E-state index in [2.05, 4.69) is 16.7 Å². The first-order valence-electron chi connectivity index (χ1n) is 9.48. The molecule has 0 heterocycles. The van der Waals surface area contributed by atoms with E-state index in [1.807, 2.05) is 0 Å². The Morgan fingerprint density at radius 2 is 0.750 bits per heavy atom. The van der Waals surface area contributed by atoms with Crippen molar-refractivity contribution in [2.75, 3.05) is 37.9 Å². The fourth-order valence-corrected chi connectivity index (χ4v) is 3.55. The second kappa shape index (κ2) is 14.4. The van der Waals surface area contributed by atoms with Gasteiger partial charge in [-0.2, -0.15) is 60.0 Å². The molecule has 0 aliphatic carbocycles. The monoisotopic (exact) mass is 628 g/mol. The van der Waals surface area contributed by atoms with Crippen LogP contribution in [0.25, 0.3) is 0 Å². The summed E-state index contributed by atoms with van der Waals surface area (Å²) in [5, 5.41) is 0. The van der Waals surface area contributed by atoms with Crippen molar-refractivity contribution in [1.29, 1.82) is 0 Å². The molecule has 0 spiro atoms. The van der Waals surface area contributed by atoms with Gasteiger partial charge in [-0.15, -0.1) is 0 Å². The smallest absolute Gasteiger partial charge is 0.270 e. The van der Waals surface area contributed by atoms with Gasteiger partial charge in [-0.05, 0) is 13.8 Å². The standard InChI is InChI=1S/C8H18O6S2.C6H8F6O6S2/c1-4-15(9,10)13-6-8(3)7-14-16(11,12)5-2;1-4(2-17-19(13,14)5(7,8)9)3-18-20(15,16)6(10,11)12/h8H,4-7H2,1-3H3;4H,2-3H2,1H3. The first-order valence-corrected chi connectivity index (χ1v) is 15.4. The van der Waals surface area contributed by atoms with E-state index < -0.39 is 70.6 Å². The number of alkyl halides is 6. The van der Waals surface area contributed by atoms with Gasteiger partial charge in [0.05, 0.1) is 37.9 Å². The van der Waals surface area contributed by atoms with Gasteiger partial charge in [0.1, 0.15) is 0 Å². The Hall–Kier alpha value is -0.780. The van der Waals surface area contributed by atoms with Crippen LogP contribution in [-0.2, 0) is 57.2 Å². The van der Waals surface area contributed by atoms with Crippen molar-refractivity contribution < 1.29 is 76.7 Å². The molecule has 0 N–H and O–H groups in total. The number of rotatable bonds is 14. The van der Waals surface area contributed by atoms with Gasteiger partial charge in [-0.1, -0.05) is 13.8 Å². The van der Waals surface area contributed by atoms with Crippen molar-refractivity contribution in [3.8, 4) is 0 Å². The zero-order valence-electron chi connectivity index (χ0n) is 19.2. The molecule has 0 rings (SSSR count). The molecule has 0 fully saturated rings. The Bertz CT molecular complexity index is 994. The highest BCUT2D eigenvalue weighted by Gasteiger charge is 2.48. The SMILES string of the molecule is CC(COS(=O)(=O)C(F)(F)F)COS(=O)(=O)C(F)(F)F.CCS(=O)(=O)OCC(C)COS(=O)(=O)CC. The zero-order chi connectivity index (χ0) is 29.2. The normalized spacial score (nSPS) is 14.1. The number of hydrogen-bond donors (Lipinski definition) is 0. The molecule has 0 saturated carbocycles.